The summed E-state index contributed by atoms with van der Waals surface area (Å²) in [5.41, 5.74) is 6.32. The molecule has 0 fully saturated rings. The molecule has 0 bridgehead atoms. The number of aryl methyl sites for hydroxylation is 2. The lowest BCUT2D eigenvalue weighted by atomic mass is 10.1. The number of nitrogens with two attached hydrogens (primary N) is 1. The van der Waals surface area contributed by atoms with Gasteiger partial charge in [0, 0.05) is 23.1 Å². The molecule has 0 spiro atoms. The van der Waals surface area contributed by atoms with Crippen LogP contribution in [0.5, 0.6) is 0 Å². The molecule has 0 unspecified atom stereocenters. The Morgan fingerprint density at radius 2 is 2.03 bits per heavy atom. The average molecular weight is 538 g/mol. The molecule has 36 heavy (non-hydrogen) atoms. The summed E-state index contributed by atoms with van der Waals surface area (Å²) in [6.45, 7) is 6.38. The molecular formula is C23H31N5O6S2. The number of carbonyl (C=O) groups excluding carboxylic acids is 3. The third kappa shape index (κ3) is 7.23. The molecule has 13 heteroatoms. The number of nitrogens with one attached hydrogen (secondary N) is 3. The smallest absolute Gasteiger partial charge is 0.328 e. The maximum atomic E-state index is 12.9. The van der Waals surface area contributed by atoms with Crippen molar-refractivity contribution in [1.82, 2.24) is 15.3 Å². The van der Waals surface area contributed by atoms with Crippen LogP contribution in [-0.2, 0) is 25.5 Å². The molecule has 3 heterocycles. The summed E-state index contributed by atoms with van der Waals surface area (Å²) in [5, 5.41) is 6.02. The number of nitrogen functional groups attached to an aromatic ring is 1. The quantitative estimate of drug-likeness (QED) is 0.312. The van der Waals surface area contributed by atoms with Crippen molar-refractivity contribution in [2.45, 2.75) is 62.6 Å². The average Bonchev–Trinajstić information content (AvgIpc) is 3.21. The van der Waals surface area contributed by atoms with Crippen LogP contribution in [0.15, 0.2) is 15.8 Å². The molecule has 0 saturated heterocycles. The highest BCUT2D eigenvalue weighted by atomic mass is 32.2. The number of nitrogens with zero attached hydrogens (tertiary/aromatic N) is 1. The molecular weight excluding hydrogens is 506 g/mol. The van der Waals surface area contributed by atoms with Crippen molar-refractivity contribution >= 4 is 52.7 Å². The van der Waals surface area contributed by atoms with Crippen LogP contribution in [0.4, 0.5) is 11.8 Å². The van der Waals surface area contributed by atoms with E-state index in [2.05, 4.69) is 20.6 Å². The second kappa shape index (κ2) is 12.8. The molecule has 2 atom stereocenters. The number of thioether (sulfide) groups is 1. The maximum absolute atomic E-state index is 12.9. The van der Waals surface area contributed by atoms with Crippen LogP contribution in [-0.4, -0.2) is 58.9 Å². The molecule has 0 radical (unpaired) electrons. The van der Waals surface area contributed by atoms with Crippen molar-refractivity contribution in [2.24, 2.45) is 0 Å². The molecule has 11 nitrogen and oxygen atoms in total. The first-order valence-corrected chi connectivity index (χ1v) is 13.4. The molecule has 1 amide bonds. The van der Waals surface area contributed by atoms with Gasteiger partial charge in [0.05, 0.1) is 18.1 Å². The Morgan fingerprint density at radius 1 is 1.28 bits per heavy atom. The van der Waals surface area contributed by atoms with Gasteiger partial charge < -0.3 is 25.8 Å². The molecule has 1 aliphatic rings. The van der Waals surface area contributed by atoms with Crippen molar-refractivity contribution in [3.8, 4) is 0 Å². The van der Waals surface area contributed by atoms with E-state index in [4.69, 9.17) is 15.2 Å². The van der Waals surface area contributed by atoms with Gasteiger partial charge >= 0.3 is 11.9 Å². The maximum Gasteiger partial charge on any atom is 0.328 e. The van der Waals surface area contributed by atoms with Crippen LogP contribution < -0.4 is 21.9 Å². The topological polar surface area (TPSA) is 165 Å². The summed E-state index contributed by atoms with van der Waals surface area (Å²) in [7, 11) is 0. The van der Waals surface area contributed by atoms with Crippen LogP contribution in [0.1, 0.15) is 53.2 Å². The van der Waals surface area contributed by atoms with Gasteiger partial charge in [-0.2, -0.15) is 4.98 Å². The lowest BCUT2D eigenvalue weighted by Gasteiger charge is -2.24. The number of fused-ring (bicyclic) bond motifs is 1. The first-order chi connectivity index (χ1) is 17.2. The number of amides is 1. The number of aromatic amines is 1. The van der Waals surface area contributed by atoms with Gasteiger partial charge in [-0.25, -0.2) is 4.79 Å². The summed E-state index contributed by atoms with van der Waals surface area (Å²) >= 11 is 2.83. The fraction of sp³-hybridized carbons (Fsp3) is 0.522. The third-order valence-corrected chi connectivity index (χ3v) is 8.08. The van der Waals surface area contributed by atoms with E-state index in [9.17, 15) is 19.2 Å². The lowest BCUT2D eigenvalue weighted by Crippen LogP contribution is -2.42. The zero-order valence-electron chi connectivity index (χ0n) is 20.5. The zero-order valence-corrected chi connectivity index (χ0v) is 22.1. The second-order valence-corrected chi connectivity index (χ2v) is 10.6. The number of rotatable bonds is 11. The van der Waals surface area contributed by atoms with Crippen molar-refractivity contribution in [3.05, 3.63) is 31.7 Å². The lowest BCUT2D eigenvalue weighted by molar-refractivity contribution is -0.146. The summed E-state index contributed by atoms with van der Waals surface area (Å²) in [6.07, 6.45) is 1.60. The van der Waals surface area contributed by atoms with E-state index >= 15 is 0 Å². The van der Waals surface area contributed by atoms with Crippen LogP contribution in [0.25, 0.3) is 0 Å². The van der Waals surface area contributed by atoms with Crippen molar-refractivity contribution in [3.63, 3.8) is 0 Å². The molecule has 0 aliphatic carbocycles. The summed E-state index contributed by atoms with van der Waals surface area (Å²) < 4.78 is 9.97. The largest absolute Gasteiger partial charge is 0.466 e. The highest BCUT2D eigenvalue weighted by molar-refractivity contribution is 8.00. The SMILES string of the molecule is CCOC(=O)CC[C@H](NC(=O)c1cc(C)c(CC[C@H]2CNc3nc(N)[nH]c(=O)c3S2)s1)C(=O)OCC. The Hall–Kier alpha value is -3.06. The van der Waals surface area contributed by atoms with Crippen LogP contribution in [0.3, 0.4) is 0 Å². The van der Waals surface area contributed by atoms with E-state index in [1.165, 1.54) is 23.1 Å². The summed E-state index contributed by atoms with van der Waals surface area (Å²) in [6, 6.07) is 0.847. The number of hydrogen-bond acceptors (Lipinski definition) is 11. The van der Waals surface area contributed by atoms with Crippen molar-refractivity contribution < 1.29 is 23.9 Å². The molecule has 3 rings (SSSR count). The van der Waals surface area contributed by atoms with E-state index in [1.807, 2.05) is 6.92 Å². The molecule has 2 aromatic rings. The minimum atomic E-state index is -0.946. The monoisotopic (exact) mass is 537 g/mol. The Balaban J connectivity index is 1.60. The number of thiophene rings is 1. The minimum absolute atomic E-state index is 0.00646. The standard InChI is InChI=1S/C23H31N5O6S2/c1-4-33-17(29)9-7-14(22(32)34-5-2)26-20(30)16-10-12(3)15(36-16)8-6-13-11-25-19-18(35-13)21(31)28-23(24)27-19/h10,13-14H,4-9,11H2,1-3H3,(H,26,30)(H4,24,25,27,28,31)/t13-,14-/m0/s1. The summed E-state index contributed by atoms with van der Waals surface area (Å²) in [4.78, 5) is 57.9. The number of carbonyl (C=O) groups is 3. The number of ether oxygens (including phenoxy) is 2. The number of anilines is 2. The van der Waals surface area contributed by atoms with E-state index in [0.717, 1.165) is 23.3 Å². The Labute approximate surface area is 216 Å². The predicted octanol–water partition coefficient (Wildman–Crippen LogP) is 2.25. The molecule has 1 aliphatic heterocycles. The van der Waals surface area contributed by atoms with Gasteiger partial charge in [-0.1, -0.05) is 0 Å². The Kier molecular flexibility index (Phi) is 9.76. The first kappa shape index (κ1) is 27.5. The fourth-order valence-electron chi connectivity index (χ4n) is 3.68. The molecule has 0 saturated carbocycles. The Bertz CT molecular complexity index is 1160. The van der Waals surface area contributed by atoms with Gasteiger partial charge in [-0.3, -0.25) is 19.4 Å². The normalized spacial score (nSPS) is 15.4. The Morgan fingerprint density at radius 3 is 2.75 bits per heavy atom. The van der Waals surface area contributed by atoms with Crippen LogP contribution in [0, 0.1) is 6.92 Å². The van der Waals surface area contributed by atoms with Gasteiger partial charge in [0.25, 0.3) is 11.5 Å². The molecule has 0 aromatic carbocycles. The van der Waals surface area contributed by atoms with Gasteiger partial charge in [0.2, 0.25) is 5.95 Å². The first-order valence-electron chi connectivity index (χ1n) is 11.7. The van der Waals surface area contributed by atoms with Gasteiger partial charge in [0.1, 0.15) is 16.8 Å². The predicted molar refractivity (Wildman–Crippen MR) is 139 cm³/mol. The van der Waals surface area contributed by atoms with Gasteiger partial charge in [0.15, 0.2) is 0 Å². The van der Waals surface area contributed by atoms with Gasteiger partial charge in [-0.15, -0.1) is 23.1 Å². The van der Waals surface area contributed by atoms with E-state index < -0.39 is 23.9 Å². The van der Waals surface area contributed by atoms with E-state index in [0.29, 0.717) is 22.1 Å². The zero-order chi connectivity index (χ0) is 26.2. The number of H-pyrrole nitrogens is 1. The summed E-state index contributed by atoms with van der Waals surface area (Å²) in [5.74, 6) is -0.834. The van der Waals surface area contributed by atoms with Crippen molar-refractivity contribution in [2.75, 3.05) is 30.8 Å². The van der Waals surface area contributed by atoms with Gasteiger partial charge in [-0.05, 0) is 51.7 Å². The third-order valence-electron chi connectivity index (χ3n) is 5.43. The molecule has 5 N–H and O–H groups in total. The van der Waals surface area contributed by atoms with E-state index in [1.54, 1.807) is 19.9 Å². The second-order valence-electron chi connectivity index (χ2n) is 8.13. The number of hydrogen-bond donors (Lipinski definition) is 4. The fourth-order valence-corrected chi connectivity index (χ4v) is 5.89. The highest BCUT2D eigenvalue weighted by Crippen LogP contribution is 2.34. The minimum Gasteiger partial charge on any atom is -0.466 e. The molecule has 196 valence electrons. The van der Waals surface area contributed by atoms with Crippen LogP contribution >= 0.6 is 23.1 Å². The van der Waals surface area contributed by atoms with E-state index in [-0.39, 0.29) is 42.8 Å². The van der Waals surface area contributed by atoms with Crippen molar-refractivity contribution in [1.29, 1.82) is 0 Å². The molecule has 2 aromatic heterocycles. The number of aromatic nitrogens is 2. The number of esters is 2. The van der Waals surface area contributed by atoms with Crippen LogP contribution in [0.2, 0.25) is 0 Å². The highest BCUT2D eigenvalue weighted by Gasteiger charge is 2.26.